The Bertz CT molecular complexity index is 277. The van der Waals surface area contributed by atoms with Gasteiger partial charge in [0.15, 0.2) is 0 Å². The molecule has 0 rings (SSSR count). The first-order valence-corrected chi connectivity index (χ1v) is 9.25. The predicted molar refractivity (Wildman–Crippen MR) is 95.4 cm³/mol. The van der Waals surface area contributed by atoms with Crippen molar-refractivity contribution in [2.24, 2.45) is 0 Å². The molecule has 130 valence electrons. The molecule has 0 aromatic heterocycles. The van der Waals surface area contributed by atoms with Crippen molar-refractivity contribution in [1.29, 1.82) is 0 Å². The van der Waals surface area contributed by atoms with Crippen LogP contribution in [-0.2, 0) is 4.79 Å². The van der Waals surface area contributed by atoms with Crippen LogP contribution in [0.25, 0.3) is 0 Å². The van der Waals surface area contributed by atoms with Crippen LogP contribution in [-0.4, -0.2) is 35.6 Å². The van der Waals surface area contributed by atoms with Gasteiger partial charge in [0, 0.05) is 5.57 Å². The van der Waals surface area contributed by atoms with Gasteiger partial charge < -0.3 is 10.0 Å². The normalized spacial score (nSPS) is 11.0. The SMILES string of the molecule is C=C(CCCCN(CCCCCC)CCCCCC)C(=O)O. The zero-order chi connectivity index (χ0) is 16.6. The van der Waals surface area contributed by atoms with Crippen molar-refractivity contribution >= 4 is 5.97 Å². The molecule has 0 heterocycles. The third-order valence-corrected chi connectivity index (χ3v) is 4.16. The highest BCUT2D eigenvalue weighted by Gasteiger charge is 2.06. The average molecular weight is 312 g/mol. The third kappa shape index (κ3) is 12.9. The lowest BCUT2D eigenvalue weighted by atomic mass is 10.1. The summed E-state index contributed by atoms with van der Waals surface area (Å²) in [5.74, 6) is -0.851. The highest BCUT2D eigenvalue weighted by atomic mass is 16.4. The largest absolute Gasteiger partial charge is 0.478 e. The highest BCUT2D eigenvalue weighted by molar-refractivity contribution is 5.85. The van der Waals surface area contributed by atoms with E-state index < -0.39 is 5.97 Å². The van der Waals surface area contributed by atoms with E-state index in [1.54, 1.807) is 0 Å². The number of aliphatic carboxylic acids is 1. The summed E-state index contributed by atoms with van der Waals surface area (Å²) in [5, 5.41) is 8.81. The lowest BCUT2D eigenvalue weighted by molar-refractivity contribution is -0.132. The maximum Gasteiger partial charge on any atom is 0.330 e. The van der Waals surface area contributed by atoms with E-state index in [2.05, 4.69) is 25.3 Å². The van der Waals surface area contributed by atoms with Gasteiger partial charge in [-0.2, -0.15) is 0 Å². The number of rotatable bonds is 16. The minimum absolute atomic E-state index is 0.345. The van der Waals surface area contributed by atoms with Crippen LogP contribution in [0.5, 0.6) is 0 Å². The summed E-state index contributed by atoms with van der Waals surface area (Å²) >= 11 is 0. The molecule has 0 aromatic carbocycles. The second kappa shape index (κ2) is 15.1. The van der Waals surface area contributed by atoms with Crippen LogP contribution >= 0.6 is 0 Å². The maximum absolute atomic E-state index is 10.7. The van der Waals surface area contributed by atoms with Gasteiger partial charge >= 0.3 is 5.97 Å². The van der Waals surface area contributed by atoms with Crippen molar-refractivity contribution < 1.29 is 9.90 Å². The first kappa shape index (κ1) is 21.2. The molecule has 0 spiro atoms. The number of carbonyl (C=O) groups is 1. The molecular weight excluding hydrogens is 274 g/mol. The quantitative estimate of drug-likeness (QED) is 0.312. The number of nitrogens with zero attached hydrogens (tertiary/aromatic N) is 1. The van der Waals surface area contributed by atoms with Gasteiger partial charge in [0.1, 0.15) is 0 Å². The van der Waals surface area contributed by atoms with E-state index in [9.17, 15) is 4.79 Å². The summed E-state index contributed by atoms with van der Waals surface area (Å²) in [4.78, 5) is 13.3. The highest BCUT2D eigenvalue weighted by Crippen LogP contribution is 2.09. The molecule has 0 atom stereocenters. The molecule has 1 N–H and O–H groups in total. The van der Waals surface area contributed by atoms with Gasteiger partial charge in [-0.05, 0) is 51.7 Å². The Hall–Kier alpha value is -0.830. The van der Waals surface area contributed by atoms with Crippen LogP contribution in [0.3, 0.4) is 0 Å². The van der Waals surface area contributed by atoms with E-state index in [0.717, 1.165) is 19.4 Å². The van der Waals surface area contributed by atoms with Crippen LogP contribution in [0.1, 0.15) is 84.5 Å². The number of carboxylic acid groups (broad SMARTS) is 1. The zero-order valence-electron chi connectivity index (χ0n) is 14.9. The minimum atomic E-state index is -0.851. The lowest BCUT2D eigenvalue weighted by Gasteiger charge is -2.22. The van der Waals surface area contributed by atoms with Gasteiger partial charge in [0.2, 0.25) is 0 Å². The van der Waals surface area contributed by atoms with Crippen molar-refractivity contribution in [2.75, 3.05) is 19.6 Å². The van der Waals surface area contributed by atoms with Crippen LogP contribution in [0, 0.1) is 0 Å². The summed E-state index contributed by atoms with van der Waals surface area (Å²) in [6.07, 6.45) is 13.1. The number of unbranched alkanes of at least 4 members (excludes halogenated alkanes) is 7. The maximum atomic E-state index is 10.7. The van der Waals surface area contributed by atoms with E-state index in [4.69, 9.17) is 5.11 Å². The minimum Gasteiger partial charge on any atom is -0.478 e. The molecular formula is C19H37NO2. The van der Waals surface area contributed by atoms with E-state index in [0.29, 0.717) is 12.0 Å². The van der Waals surface area contributed by atoms with Gasteiger partial charge in [0.05, 0.1) is 0 Å². The molecule has 3 heteroatoms. The van der Waals surface area contributed by atoms with Crippen LogP contribution < -0.4 is 0 Å². The van der Waals surface area contributed by atoms with Gasteiger partial charge in [-0.3, -0.25) is 0 Å². The number of hydrogen-bond donors (Lipinski definition) is 1. The molecule has 0 unspecified atom stereocenters. The molecule has 0 aliphatic carbocycles. The zero-order valence-corrected chi connectivity index (χ0v) is 14.9. The topological polar surface area (TPSA) is 40.5 Å². The molecule has 0 saturated carbocycles. The lowest BCUT2D eigenvalue weighted by Crippen LogP contribution is -2.27. The van der Waals surface area contributed by atoms with Crippen molar-refractivity contribution in [3.05, 3.63) is 12.2 Å². The Morgan fingerprint density at radius 2 is 1.27 bits per heavy atom. The van der Waals surface area contributed by atoms with Crippen molar-refractivity contribution in [3.63, 3.8) is 0 Å². The molecule has 0 fully saturated rings. The third-order valence-electron chi connectivity index (χ3n) is 4.16. The van der Waals surface area contributed by atoms with Crippen molar-refractivity contribution in [2.45, 2.75) is 84.5 Å². The second-order valence-corrected chi connectivity index (χ2v) is 6.33. The van der Waals surface area contributed by atoms with Crippen molar-refractivity contribution in [3.8, 4) is 0 Å². The molecule has 0 aliphatic heterocycles. The van der Waals surface area contributed by atoms with Gasteiger partial charge in [-0.1, -0.05) is 59.0 Å². The predicted octanol–water partition coefficient (Wildman–Crippen LogP) is 5.26. The second-order valence-electron chi connectivity index (χ2n) is 6.33. The Kier molecular flexibility index (Phi) is 14.5. The summed E-state index contributed by atoms with van der Waals surface area (Å²) in [6, 6.07) is 0. The first-order valence-electron chi connectivity index (χ1n) is 9.25. The molecule has 3 nitrogen and oxygen atoms in total. The number of hydrogen-bond acceptors (Lipinski definition) is 2. The summed E-state index contributed by atoms with van der Waals surface area (Å²) in [6.45, 7) is 11.6. The molecule has 0 amide bonds. The van der Waals surface area contributed by atoms with Crippen LogP contribution in [0.15, 0.2) is 12.2 Å². The summed E-state index contributed by atoms with van der Waals surface area (Å²) in [7, 11) is 0. The molecule has 0 aromatic rings. The van der Waals surface area contributed by atoms with E-state index in [1.807, 2.05) is 0 Å². The monoisotopic (exact) mass is 311 g/mol. The fraction of sp³-hybridized carbons (Fsp3) is 0.842. The van der Waals surface area contributed by atoms with Crippen LogP contribution in [0.4, 0.5) is 0 Å². The molecule has 22 heavy (non-hydrogen) atoms. The van der Waals surface area contributed by atoms with Gasteiger partial charge in [-0.25, -0.2) is 4.79 Å². The molecule has 0 saturated heterocycles. The molecule has 0 bridgehead atoms. The van der Waals surface area contributed by atoms with Crippen LogP contribution in [0.2, 0.25) is 0 Å². The fourth-order valence-corrected chi connectivity index (χ4v) is 2.64. The Morgan fingerprint density at radius 3 is 1.68 bits per heavy atom. The Morgan fingerprint density at radius 1 is 0.818 bits per heavy atom. The number of carboxylic acids is 1. The van der Waals surface area contributed by atoms with E-state index in [-0.39, 0.29) is 0 Å². The molecule has 0 radical (unpaired) electrons. The van der Waals surface area contributed by atoms with Crippen molar-refractivity contribution in [1.82, 2.24) is 4.90 Å². The van der Waals surface area contributed by atoms with Gasteiger partial charge in [0.25, 0.3) is 0 Å². The standard InChI is InChI=1S/C19H37NO2/c1-4-6-8-11-15-20(16-12-9-7-5-2)17-13-10-14-18(3)19(21)22/h3-17H2,1-2H3,(H,21,22). The summed E-state index contributed by atoms with van der Waals surface area (Å²) in [5.41, 5.74) is 0.345. The van der Waals surface area contributed by atoms with E-state index in [1.165, 1.54) is 64.5 Å². The molecule has 0 aliphatic rings. The fourth-order valence-electron chi connectivity index (χ4n) is 2.64. The first-order chi connectivity index (χ1) is 10.6. The van der Waals surface area contributed by atoms with E-state index >= 15 is 0 Å². The average Bonchev–Trinajstić information content (AvgIpc) is 2.50. The Labute approximate surface area is 137 Å². The van der Waals surface area contributed by atoms with Gasteiger partial charge in [-0.15, -0.1) is 0 Å². The summed E-state index contributed by atoms with van der Waals surface area (Å²) < 4.78 is 0. The smallest absolute Gasteiger partial charge is 0.330 e. The Balaban J connectivity index is 3.88.